The van der Waals surface area contributed by atoms with Crippen LogP contribution in [0.4, 0.5) is 5.69 Å². The molecule has 1 atom stereocenters. The van der Waals surface area contributed by atoms with E-state index in [0.29, 0.717) is 18.5 Å². The van der Waals surface area contributed by atoms with Crippen molar-refractivity contribution >= 4 is 17.3 Å². The maximum atomic E-state index is 11.3. The first-order chi connectivity index (χ1) is 10.2. The summed E-state index contributed by atoms with van der Waals surface area (Å²) in [6.07, 6.45) is 1.26. The van der Waals surface area contributed by atoms with Crippen molar-refractivity contribution in [1.29, 1.82) is 5.26 Å². The molecular formula is C15H19N5O. The van der Waals surface area contributed by atoms with Crippen LogP contribution in [-0.2, 0) is 4.79 Å². The van der Waals surface area contributed by atoms with E-state index in [9.17, 15) is 10.1 Å². The second-order valence-electron chi connectivity index (χ2n) is 5.08. The lowest BCUT2D eigenvalue weighted by atomic mass is 9.93. The fraction of sp³-hybridized carbons (Fsp3) is 0.400. The molecule has 1 heterocycles. The van der Waals surface area contributed by atoms with E-state index in [2.05, 4.69) is 21.9 Å². The van der Waals surface area contributed by atoms with Gasteiger partial charge in [-0.15, -0.1) is 0 Å². The number of nitrogens with two attached hydrogens (primary N) is 1. The summed E-state index contributed by atoms with van der Waals surface area (Å²) in [6, 6.07) is 7.78. The second kappa shape index (κ2) is 6.86. The molecule has 0 spiro atoms. The molecular weight excluding hydrogens is 266 g/mol. The number of carbonyl (C=O) groups excluding carboxylic acids is 1. The number of amides is 1. The molecule has 1 aromatic carbocycles. The molecule has 1 aliphatic rings. The molecule has 1 amide bonds. The molecule has 0 saturated carbocycles. The van der Waals surface area contributed by atoms with Crippen molar-refractivity contribution in [3.05, 3.63) is 29.3 Å². The third-order valence-corrected chi connectivity index (χ3v) is 3.39. The summed E-state index contributed by atoms with van der Waals surface area (Å²) in [7, 11) is 0. The number of anilines is 1. The lowest BCUT2D eigenvalue weighted by Gasteiger charge is -2.19. The average molecular weight is 285 g/mol. The standard InChI is InChI=1S/C15H19N5O/c1-10-7-14(21)19-20-15(10)11-3-4-13(12(8-11)9-17)18-6-2-5-16/h3-4,8,10,18H,2,5-7,16H2,1H3,(H,19,21). The van der Waals surface area contributed by atoms with Crippen LogP contribution in [-0.4, -0.2) is 24.7 Å². The molecule has 0 fully saturated rings. The van der Waals surface area contributed by atoms with Gasteiger partial charge in [0.1, 0.15) is 6.07 Å². The predicted octanol–water partition coefficient (Wildman–Crippen LogP) is 1.18. The number of benzene rings is 1. The quantitative estimate of drug-likeness (QED) is 0.707. The zero-order chi connectivity index (χ0) is 15.2. The first-order valence-electron chi connectivity index (χ1n) is 7.00. The maximum absolute atomic E-state index is 11.3. The van der Waals surface area contributed by atoms with Crippen molar-refractivity contribution in [2.45, 2.75) is 19.8 Å². The van der Waals surface area contributed by atoms with Crippen LogP contribution >= 0.6 is 0 Å². The largest absolute Gasteiger partial charge is 0.384 e. The molecule has 2 rings (SSSR count). The fourth-order valence-corrected chi connectivity index (χ4v) is 2.28. The Morgan fingerprint density at radius 2 is 2.38 bits per heavy atom. The SMILES string of the molecule is CC1CC(=O)NN=C1c1ccc(NCCCN)c(C#N)c1. The Bertz CT molecular complexity index is 603. The number of carbonyl (C=O) groups is 1. The van der Waals surface area contributed by atoms with E-state index in [-0.39, 0.29) is 11.8 Å². The Morgan fingerprint density at radius 1 is 1.57 bits per heavy atom. The minimum Gasteiger partial charge on any atom is -0.384 e. The normalized spacial score (nSPS) is 17.7. The fourth-order valence-electron chi connectivity index (χ4n) is 2.28. The van der Waals surface area contributed by atoms with Crippen molar-refractivity contribution in [3.63, 3.8) is 0 Å². The second-order valence-corrected chi connectivity index (χ2v) is 5.08. The molecule has 21 heavy (non-hydrogen) atoms. The van der Waals surface area contributed by atoms with Crippen molar-refractivity contribution < 1.29 is 4.79 Å². The topological polar surface area (TPSA) is 103 Å². The molecule has 1 unspecified atom stereocenters. The molecule has 1 aliphatic heterocycles. The summed E-state index contributed by atoms with van der Waals surface area (Å²) < 4.78 is 0. The molecule has 6 heteroatoms. The third kappa shape index (κ3) is 3.58. The van der Waals surface area contributed by atoms with Gasteiger partial charge < -0.3 is 11.1 Å². The summed E-state index contributed by atoms with van der Waals surface area (Å²) in [6.45, 7) is 3.30. The first kappa shape index (κ1) is 15.0. The Morgan fingerprint density at radius 3 is 3.05 bits per heavy atom. The van der Waals surface area contributed by atoms with Gasteiger partial charge in [0.2, 0.25) is 5.91 Å². The molecule has 1 aromatic rings. The van der Waals surface area contributed by atoms with Gasteiger partial charge in [0.15, 0.2) is 0 Å². The van der Waals surface area contributed by atoms with Crippen LogP contribution < -0.4 is 16.5 Å². The van der Waals surface area contributed by atoms with Gasteiger partial charge in [0.25, 0.3) is 0 Å². The van der Waals surface area contributed by atoms with Gasteiger partial charge in [0, 0.05) is 18.9 Å². The van der Waals surface area contributed by atoms with Gasteiger partial charge in [-0.1, -0.05) is 13.0 Å². The van der Waals surface area contributed by atoms with Gasteiger partial charge in [-0.05, 0) is 30.7 Å². The summed E-state index contributed by atoms with van der Waals surface area (Å²) in [5, 5.41) is 16.6. The summed E-state index contributed by atoms with van der Waals surface area (Å²) in [5.41, 5.74) is 11.0. The number of hydrogen-bond acceptors (Lipinski definition) is 5. The van der Waals surface area contributed by atoms with Gasteiger partial charge in [-0.2, -0.15) is 10.4 Å². The van der Waals surface area contributed by atoms with Crippen LogP contribution in [0.3, 0.4) is 0 Å². The number of hydrogen-bond donors (Lipinski definition) is 3. The van der Waals surface area contributed by atoms with E-state index < -0.39 is 0 Å². The Balaban J connectivity index is 2.23. The lowest BCUT2D eigenvalue weighted by Crippen LogP contribution is -2.32. The Hall–Kier alpha value is -2.39. The van der Waals surface area contributed by atoms with Crippen molar-refractivity contribution in [3.8, 4) is 6.07 Å². The van der Waals surface area contributed by atoms with Gasteiger partial charge >= 0.3 is 0 Å². The summed E-state index contributed by atoms with van der Waals surface area (Å²) in [5.74, 6) is -0.0341. The number of nitriles is 1. The minimum absolute atomic E-state index is 0.0429. The minimum atomic E-state index is -0.0770. The predicted molar refractivity (Wildman–Crippen MR) is 81.8 cm³/mol. The molecule has 110 valence electrons. The molecule has 6 nitrogen and oxygen atoms in total. The maximum Gasteiger partial charge on any atom is 0.240 e. The number of nitrogens with zero attached hydrogens (tertiary/aromatic N) is 2. The highest BCUT2D eigenvalue weighted by atomic mass is 16.2. The van der Waals surface area contributed by atoms with Crippen molar-refractivity contribution in [2.24, 2.45) is 16.8 Å². The number of nitrogens with one attached hydrogen (secondary N) is 2. The molecule has 0 aliphatic carbocycles. The highest BCUT2D eigenvalue weighted by Crippen LogP contribution is 2.21. The van der Waals surface area contributed by atoms with Crippen LogP contribution in [0.2, 0.25) is 0 Å². The van der Waals surface area contributed by atoms with Gasteiger partial charge in [-0.25, -0.2) is 5.43 Å². The smallest absolute Gasteiger partial charge is 0.240 e. The van der Waals surface area contributed by atoms with Crippen molar-refractivity contribution in [2.75, 3.05) is 18.4 Å². The zero-order valence-electron chi connectivity index (χ0n) is 12.0. The summed E-state index contributed by atoms with van der Waals surface area (Å²) in [4.78, 5) is 11.3. The van der Waals surface area contributed by atoms with E-state index in [1.54, 1.807) is 6.07 Å². The molecule has 0 bridgehead atoms. The molecule has 0 saturated heterocycles. The van der Waals surface area contributed by atoms with Gasteiger partial charge in [-0.3, -0.25) is 4.79 Å². The average Bonchev–Trinajstić information content (AvgIpc) is 2.48. The van der Waals surface area contributed by atoms with E-state index in [0.717, 1.165) is 29.9 Å². The van der Waals surface area contributed by atoms with Gasteiger partial charge in [0.05, 0.1) is 17.0 Å². The molecule has 0 radical (unpaired) electrons. The molecule has 4 N–H and O–H groups in total. The lowest BCUT2D eigenvalue weighted by molar-refractivity contribution is -0.121. The number of rotatable bonds is 5. The number of hydrazone groups is 1. The van der Waals surface area contributed by atoms with E-state index >= 15 is 0 Å². The van der Waals surface area contributed by atoms with E-state index in [4.69, 9.17) is 5.73 Å². The monoisotopic (exact) mass is 285 g/mol. The van der Waals surface area contributed by atoms with Crippen LogP contribution in [0.5, 0.6) is 0 Å². The van der Waals surface area contributed by atoms with E-state index in [1.807, 2.05) is 19.1 Å². The van der Waals surface area contributed by atoms with E-state index in [1.165, 1.54) is 0 Å². The zero-order valence-corrected chi connectivity index (χ0v) is 12.0. The van der Waals surface area contributed by atoms with Crippen LogP contribution in [0.1, 0.15) is 30.9 Å². The van der Waals surface area contributed by atoms with Crippen molar-refractivity contribution in [1.82, 2.24) is 5.43 Å². The highest BCUT2D eigenvalue weighted by molar-refractivity contribution is 6.06. The summed E-state index contributed by atoms with van der Waals surface area (Å²) >= 11 is 0. The Labute approximate surface area is 124 Å². The highest BCUT2D eigenvalue weighted by Gasteiger charge is 2.22. The first-order valence-corrected chi connectivity index (χ1v) is 7.00. The Kier molecular flexibility index (Phi) is 4.90. The van der Waals surface area contributed by atoms with Crippen LogP contribution in [0, 0.1) is 17.2 Å². The van der Waals surface area contributed by atoms with Crippen LogP contribution in [0.25, 0.3) is 0 Å². The third-order valence-electron chi connectivity index (χ3n) is 3.39. The van der Waals surface area contributed by atoms with Crippen LogP contribution in [0.15, 0.2) is 23.3 Å². The molecule has 0 aromatic heterocycles.